The number of nitrogens with one attached hydrogen (secondary N) is 1. The van der Waals surface area contributed by atoms with Crippen molar-refractivity contribution >= 4 is 17.5 Å². The van der Waals surface area contributed by atoms with E-state index < -0.39 is 6.10 Å². The van der Waals surface area contributed by atoms with Gasteiger partial charge in [0.15, 0.2) is 6.10 Å². The molecule has 1 atom stereocenters. The van der Waals surface area contributed by atoms with Gasteiger partial charge in [-0.25, -0.2) is 0 Å². The Bertz CT molecular complexity index is 718. The van der Waals surface area contributed by atoms with Gasteiger partial charge in [-0.2, -0.15) is 0 Å². The highest BCUT2D eigenvalue weighted by atomic mass is 35.5. The van der Waals surface area contributed by atoms with Crippen molar-refractivity contribution in [2.24, 2.45) is 0 Å². The maximum absolute atomic E-state index is 12.3. The van der Waals surface area contributed by atoms with E-state index in [4.69, 9.17) is 21.1 Å². The van der Waals surface area contributed by atoms with Gasteiger partial charge in [-0.05, 0) is 55.7 Å². The minimum Gasteiger partial charge on any atom is -0.491 e. The van der Waals surface area contributed by atoms with Crippen LogP contribution < -0.4 is 14.8 Å². The third-order valence-electron chi connectivity index (χ3n) is 3.95. The maximum Gasteiger partial charge on any atom is 0.261 e. The Morgan fingerprint density at radius 3 is 2.68 bits per heavy atom. The fraction of sp³-hybridized carbons (Fsp3) is 0.350. The second-order valence-corrected chi connectivity index (χ2v) is 6.25. The zero-order valence-electron chi connectivity index (χ0n) is 14.8. The summed E-state index contributed by atoms with van der Waals surface area (Å²) in [5, 5.41) is 3.43. The molecule has 0 fully saturated rings. The molecule has 0 heterocycles. The molecule has 1 amide bonds. The number of halogens is 1. The van der Waals surface area contributed by atoms with Gasteiger partial charge in [0.1, 0.15) is 18.1 Å². The first-order chi connectivity index (χ1) is 12.0. The Hall–Kier alpha value is -2.20. The predicted molar refractivity (Wildman–Crippen MR) is 101 cm³/mol. The van der Waals surface area contributed by atoms with Gasteiger partial charge in [0.25, 0.3) is 5.91 Å². The first kappa shape index (κ1) is 19.1. The zero-order chi connectivity index (χ0) is 18.2. The van der Waals surface area contributed by atoms with Gasteiger partial charge in [0.2, 0.25) is 0 Å². The SMILES string of the molecule is CCC(Oc1cccc(Cl)c1)C(=O)NCCOc1cccc(C)c1C. The van der Waals surface area contributed by atoms with E-state index >= 15 is 0 Å². The average Bonchev–Trinajstić information content (AvgIpc) is 2.60. The lowest BCUT2D eigenvalue weighted by Crippen LogP contribution is -2.39. The molecule has 0 radical (unpaired) electrons. The molecule has 4 nitrogen and oxygen atoms in total. The number of aryl methyl sites for hydroxylation is 1. The quantitative estimate of drug-likeness (QED) is 0.713. The Morgan fingerprint density at radius 2 is 1.96 bits per heavy atom. The van der Waals surface area contributed by atoms with E-state index in [2.05, 4.69) is 5.32 Å². The van der Waals surface area contributed by atoms with Crippen LogP contribution in [-0.4, -0.2) is 25.2 Å². The third kappa shape index (κ3) is 5.68. The predicted octanol–water partition coefficient (Wildman–Crippen LogP) is 4.31. The molecule has 0 saturated carbocycles. The fourth-order valence-corrected chi connectivity index (χ4v) is 2.54. The van der Waals surface area contributed by atoms with Crippen molar-refractivity contribution in [1.82, 2.24) is 5.32 Å². The molecule has 0 bridgehead atoms. The Labute approximate surface area is 154 Å². The van der Waals surface area contributed by atoms with E-state index in [1.54, 1.807) is 24.3 Å². The Morgan fingerprint density at radius 1 is 1.20 bits per heavy atom. The van der Waals surface area contributed by atoms with Gasteiger partial charge in [-0.1, -0.05) is 36.7 Å². The molecule has 5 heteroatoms. The highest BCUT2D eigenvalue weighted by Gasteiger charge is 2.18. The van der Waals surface area contributed by atoms with Crippen molar-refractivity contribution in [2.75, 3.05) is 13.2 Å². The first-order valence-corrected chi connectivity index (χ1v) is 8.78. The van der Waals surface area contributed by atoms with E-state index in [1.807, 2.05) is 39.0 Å². The molecule has 0 spiro atoms. The summed E-state index contributed by atoms with van der Waals surface area (Å²) in [6.07, 6.45) is 0.00934. The maximum atomic E-state index is 12.3. The van der Waals surface area contributed by atoms with Crippen LogP contribution in [0.2, 0.25) is 5.02 Å². The average molecular weight is 362 g/mol. The molecule has 0 aliphatic carbocycles. The van der Waals surface area contributed by atoms with Gasteiger partial charge >= 0.3 is 0 Å². The van der Waals surface area contributed by atoms with Gasteiger partial charge in [0, 0.05) is 5.02 Å². The summed E-state index contributed by atoms with van der Waals surface area (Å²) in [4.78, 5) is 12.3. The number of hydrogen-bond acceptors (Lipinski definition) is 3. The summed E-state index contributed by atoms with van der Waals surface area (Å²) in [6.45, 7) is 6.80. The molecule has 2 rings (SSSR count). The standard InChI is InChI=1S/C20H24ClNO3/c1-4-18(25-17-9-6-8-16(21)13-17)20(23)22-11-12-24-19-10-5-7-14(2)15(19)3/h5-10,13,18H,4,11-12H2,1-3H3,(H,22,23). The van der Waals surface area contributed by atoms with Crippen LogP contribution in [0.15, 0.2) is 42.5 Å². The molecule has 0 aromatic heterocycles. The molecule has 1 unspecified atom stereocenters. The number of rotatable bonds is 8. The minimum absolute atomic E-state index is 0.160. The van der Waals surface area contributed by atoms with Crippen molar-refractivity contribution in [3.8, 4) is 11.5 Å². The highest BCUT2D eigenvalue weighted by Crippen LogP contribution is 2.20. The molecule has 0 aliphatic heterocycles. The summed E-state index contributed by atoms with van der Waals surface area (Å²) in [7, 11) is 0. The normalized spacial score (nSPS) is 11.7. The fourth-order valence-electron chi connectivity index (χ4n) is 2.36. The summed E-state index contributed by atoms with van der Waals surface area (Å²) < 4.78 is 11.5. The van der Waals surface area contributed by atoms with E-state index in [9.17, 15) is 4.79 Å². The third-order valence-corrected chi connectivity index (χ3v) is 4.19. The number of carbonyl (C=O) groups is 1. The van der Waals surface area contributed by atoms with Crippen molar-refractivity contribution < 1.29 is 14.3 Å². The molecule has 2 aromatic rings. The monoisotopic (exact) mass is 361 g/mol. The molecule has 0 saturated heterocycles. The molecule has 0 aliphatic rings. The van der Waals surface area contributed by atoms with Crippen LogP contribution in [0.5, 0.6) is 11.5 Å². The van der Waals surface area contributed by atoms with Gasteiger partial charge in [-0.3, -0.25) is 4.79 Å². The highest BCUT2D eigenvalue weighted by molar-refractivity contribution is 6.30. The number of carbonyl (C=O) groups excluding carboxylic acids is 1. The van der Waals surface area contributed by atoms with E-state index in [-0.39, 0.29) is 5.91 Å². The molecule has 2 aromatic carbocycles. The molecular formula is C20H24ClNO3. The van der Waals surface area contributed by atoms with E-state index in [0.29, 0.717) is 30.3 Å². The second kappa shape index (κ2) is 9.33. The summed E-state index contributed by atoms with van der Waals surface area (Å²) >= 11 is 5.94. The van der Waals surface area contributed by atoms with E-state index in [1.165, 1.54) is 5.56 Å². The van der Waals surface area contributed by atoms with Crippen molar-refractivity contribution in [2.45, 2.75) is 33.3 Å². The first-order valence-electron chi connectivity index (χ1n) is 8.40. The Balaban J connectivity index is 1.81. The lowest BCUT2D eigenvalue weighted by Gasteiger charge is -2.18. The van der Waals surface area contributed by atoms with Gasteiger partial charge in [-0.15, -0.1) is 0 Å². The van der Waals surface area contributed by atoms with Crippen LogP contribution in [0.3, 0.4) is 0 Å². The van der Waals surface area contributed by atoms with Crippen molar-refractivity contribution in [3.63, 3.8) is 0 Å². The lowest BCUT2D eigenvalue weighted by molar-refractivity contribution is -0.128. The summed E-state index contributed by atoms with van der Waals surface area (Å²) in [5.74, 6) is 1.27. The summed E-state index contributed by atoms with van der Waals surface area (Å²) in [5.41, 5.74) is 2.30. The number of ether oxygens (including phenoxy) is 2. The smallest absolute Gasteiger partial charge is 0.261 e. The van der Waals surface area contributed by atoms with Crippen molar-refractivity contribution in [1.29, 1.82) is 0 Å². The molecule has 134 valence electrons. The minimum atomic E-state index is -0.556. The Kier molecular flexibility index (Phi) is 7.14. The number of amides is 1. The second-order valence-electron chi connectivity index (χ2n) is 5.81. The lowest BCUT2D eigenvalue weighted by atomic mass is 10.1. The van der Waals surface area contributed by atoms with Crippen LogP contribution in [-0.2, 0) is 4.79 Å². The number of benzene rings is 2. The van der Waals surface area contributed by atoms with E-state index in [0.717, 1.165) is 11.3 Å². The van der Waals surface area contributed by atoms with Crippen LogP contribution in [0.25, 0.3) is 0 Å². The van der Waals surface area contributed by atoms with Crippen LogP contribution in [0.1, 0.15) is 24.5 Å². The molecular weight excluding hydrogens is 338 g/mol. The van der Waals surface area contributed by atoms with Crippen LogP contribution in [0, 0.1) is 13.8 Å². The molecule has 1 N–H and O–H groups in total. The van der Waals surface area contributed by atoms with Gasteiger partial charge in [0.05, 0.1) is 6.54 Å². The van der Waals surface area contributed by atoms with Gasteiger partial charge < -0.3 is 14.8 Å². The summed E-state index contributed by atoms with van der Waals surface area (Å²) in [6, 6.07) is 13.0. The topological polar surface area (TPSA) is 47.6 Å². The number of hydrogen-bond donors (Lipinski definition) is 1. The van der Waals surface area contributed by atoms with Crippen molar-refractivity contribution in [3.05, 3.63) is 58.6 Å². The largest absolute Gasteiger partial charge is 0.491 e. The zero-order valence-corrected chi connectivity index (χ0v) is 15.6. The van der Waals surface area contributed by atoms with Crippen LogP contribution >= 0.6 is 11.6 Å². The molecule has 25 heavy (non-hydrogen) atoms. The van der Waals surface area contributed by atoms with Crippen LogP contribution in [0.4, 0.5) is 0 Å².